The van der Waals surface area contributed by atoms with E-state index in [0.717, 1.165) is 10.2 Å². The average molecular weight is 352 g/mol. The van der Waals surface area contributed by atoms with Gasteiger partial charge < -0.3 is 10.6 Å². The molecule has 21 heavy (non-hydrogen) atoms. The first-order valence-electron chi connectivity index (χ1n) is 6.65. The second-order valence-corrected chi connectivity index (χ2v) is 5.90. The largest absolute Gasteiger partial charge is 0.344 e. The van der Waals surface area contributed by atoms with Crippen LogP contribution in [0.5, 0.6) is 0 Å². The molecule has 0 saturated carbocycles. The molecule has 2 aliphatic rings. The molecule has 0 radical (unpaired) electrons. The molecule has 2 heterocycles. The molecule has 1 aromatic carbocycles. The lowest BCUT2D eigenvalue weighted by atomic mass is 9.95. The van der Waals surface area contributed by atoms with Crippen molar-refractivity contribution in [3.05, 3.63) is 45.8 Å². The molecule has 1 fully saturated rings. The first kappa shape index (κ1) is 14.5. The summed E-state index contributed by atoms with van der Waals surface area (Å²) in [5.74, 6) is -0.369. The second-order valence-electron chi connectivity index (χ2n) is 5.15. The van der Waals surface area contributed by atoms with Gasteiger partial charge in [-0.15, -0.1) is 0 Å². The van der Waals surface area contributed by atoms with Crippen LogP contribution in [0.15, 0.2) is 34.4 Å². The third-order valence-corrected chi connectivity index (χ3v) is 4.79. The number of rotatable bonds is 2. The molecular weight excluding hydrogens is 337 g/mol. The van der Waals surface area contributed by atoms with Crippen LogP contribution in [0, 0.1) is 23.1 Å². The molecule has 1 saturated heterocycles. The first-order valence-corrected chi connectivity index (χ1v) is 7.44. The lowest BCUT2D eigenvalue weighted by Gasteiger charge is -2.38. The lowest BCUT2D eigenvalue weighted by molar-refractivity contribution is 0.138. The van der Waals surface area contributed by atoms with Crippen molar-refractivity contribution in [3.8, 4) is 6.07 Å². The Bertz CT molecular complexity index is 609. The van der Waals surface area contributed by atoms with Crippen molar-refractivity contribution in [2.45, 2.75) is 18.9 Å². The van der Waals surface area contributed by atoms with Gasteiger partial charge in [-0.1, -0.05) is 12.1 Å². The van der Waals surface area contributed by atoms with Crippen molar-refractivity contribution in [2.75, 3.05) is 6.67 Å². The summed E-state index contributed by atoms with van der Waals surface area (Å²) in [6, 6.07) is 8.61. The SMILES string of the molecule is N#CC1=C(Br)N(Cc2ccc(F)cc2)C2NCNC(N)C12. The van der Waals surface area contributed by atoms with Crippen LogP contribution < -0.4 is 16.4 Å². The van der Waals surface area contributed by atoms with Gasteiger partial charge in [-0.05, 0) is 33.6 Å². The zero-order valence-corrected chi connectivity index (χ0v) is 12.8. The minimum Gasteiger partial charge on any atom is -0.344 e. The Morgan fingerprint density at radius 3 is 2.76 bits per heavy atom. The van der Waals surface area contributed by atoms with Crippen LogP contribution >= 0.6 is 15.9 Å². The van der Waals surface area contributed by atoms with E-state index in [1.54, 1.807) is 12.1 Å². The lowest BCUT2D eigenvalue weighted by Crippen LogP contribution is -2.63. The maximum absolute atomic E-state index is 13.0. The van der Waals surface area contributed by atoms with Crippen molar-refractivity contribution < 1.29 is 4.39 Å². The maximum Gasteiger partial charge on any atom is 0.123 e. The summed E-state index contributed by atoms with van der Waals surface area (Å²) >= 11 is 3.51. The molecule has 0 aliphatic carbocycles. The Kier molecular flexibility index (Phi) is 3.95. The third-order valence-electron chi connectivity index (χ3n) is 3.91. The Labute approximate surface area is 130 Å². The van der Waals surface area contributed by atoms with Crippen molar-refractivity contribution in [1.82, 2.24) is 15.5 Å². The Balaban J connectivity index is 1.89. The van der Waals surface area contributed by atoms with Crippen LogP contribution in [-0.4, -0.2) is 23.9 Å². The summed E-state index contributed by atoms with van der Waals surface area (Å²) in [4.78, 5) is 2.05. The fourth-order valence-electron chi connectivity index (χ4n) is 2.86. The molecule has 0 amide bonds. The predicted molar refractivity (Wildman–Crippen MR) is 79.9 cm³/mol. The van der Waals surface area contributed by atoms with Gasteiger partial charge in [0.2, 0.25) is 0 Å². The highest BCUT2D eigenvalue weighted by Crippen LogP contribution is 2.38. The first-order chi connectivity index (χ1) is 10.1. The number of benzene rings is 1. The normalized spacial score (nSPS) is 28.5. The Morgan fingerprint density at radius 2 is 2.10 bits per heavy atom. The van der Waals surface area contributed by atoms with Gasteiger partial charge in [0.15, 0.2) is 0 Å². The molecule has 3 rings (SSSR count). The number of fused-ring (bicyclic) bond motifs is 1. The topological polar surface area (TPSA) is 77.1 Å². The summed E-state index contributed by atoms with van der Waals surface area (Å²) < 4.78 is 13.7. The van der Waals surface area contributed by atoms with Gasteiger partial charge in [0, 0.05) is 13.2 Å². The highest BCUT2D eigenvalue weighted by atomic mass is 79.9. The van der Waals surface area contributed by atoms with E-state index < -0.39 is 0 Å². The molecule has 7 heteroatoms. The molecule has 5 nitrogen and oxygen atoms in total. The van der Waals surface area contributed by atoms with E-state index in [2.05, 4.69) is 37.5 Å². The van der Waals surface area contributed by atoms with E-state index >= 15 is 0 Å². The van der Waals surface area contributed by atoms with Crippen LogP contribution in [0.1, 0.15) is 5.56 Å². The van der Waals surface area contributed by atoms with Crippen LogP contribution in [0.2, 0.25) is 0 Å². The van der Waals surface area contributed by atoms with Gasteiger partial charge in [0.25, 0.3) is 0 Å². The summed E-state index contributed by atoms with van der Waals surface area (Å²) in [6.07, 6.45) is -0.313. The second kappa shape index (κ2) is 5.73. The number of nitrogens with zero attached hydrogens (tertiary/aromatic N) is 2. The molecule has 3 unspecified atom stereocenters. The molecule has 2 aliphatic heterocycles. The Morgan fingerprint density at radius 1 is 1.38 bits per heavy atom. The van der Waals surface area contributed by atoms with Crippen molar-refractivity contribution in [1.29, 1.82) is 5.26 Å². The average Bonchev–Trinajstić information content (AvgIpc) is 2.75. The monoisotopic (exact) mass is 351 g/mol. The smallest absolute Gasteiger partial charge is 0.123 e. The fraction of sp³-hybridized carbons (Fsp3) is 0.357. The third kappa shape index (κ3) is 2.56. The molecule has 110 valence electrons. The predicted octanol–water partition coefficient (Wildman–Crippen LogP) is 1.15. The van der Waals surface area contributed by atoms with Gasteiger partial charge in [-0.3, -0.25) is 10.6 Å². The number of nitrogens with one attached hydrogen (secondary N) is 2. The van der Waals surface area contributed by atoms with Crippen LogP contribution in [0.4, 0.5) is 4.39 Å². The molecular formula is C14H15BrFN5. The van der Waals surface area contributed by atoms with E-state index in [1.807, 2.05) is 0 Å². The highest BCUT2D eigenvalue weighted by Gasteiger charge is 2.44. The highest BCUT2D eigenvalue weighted by molar-refractivity contribution is 9.11. The summed E-state index contributed by atoms with van der Waals surface area (Å²) in [7, 11) is 0. The van der Waals surface area contributed by atoms with Gasteiger partial charge in [0.05, 0.1) is 34.5 Å². The summed E-state index contributed by atoms with van der Waals surface area (Å²) in [6.45, 7) is 1.16. The molecule has 4 N–H and O–H groups in total. The number of hydrogen-bond donors (Lipinski definition) is 3. The van der Waals surface area contributed by atoms with Gasteiger partial charge >= 0.3 is 0 Å². The molecule has 1 aromatic rings. The number of halogens is 2. The van der Waals surface area contributed by atoms with Gasteiger partial charge in [0.1, 0.15) is 5.82 Å². The molecule has 0 aromatic heterocycles. The molecule has 3 atom stereocenters. The number of nitriles is 1. The Hall–Kier alpha value is -1.46. The number of nitrogens with two attached hydrogens (primary N) is 1. The summed E-state index contributed by atoms with van der Waals surface area (Å²) in [5, 5.41) is 15.8. The summed E-state index contributed by atoms with van der Waals surface area (Å²) in [5.41, 5.74) is 7.70. The van der Waals surface area contributed by atoms with E-state index in [1.165, 1.54) is 12.1 Å². The van der Waals surface area contributed by atoms with Crippen molar-refractivity contribution >= 4 is 15.9 Å². The molecule has 0 spiro atoms. The van der Waals surface area contributed by atoms with Gasteiger partial charge in [-0.2, -0.15) is 5.26 Å². The molecule has 0 bridgehead atoms. The van der Waals surface area contributed by atoms with Crippen molar-refractivity contribution in [3.63, 3.8) is 0 Å². The van der Waals surface area contributed by atoms with Crippen LogP contribution in [0.3, 0.4) is 0 Å². The maximum atomic E-state index is 13.0. The van der Waals surface area contributed by atoms with E-state index in [0.29, 0.717) is 18.8 Å². The fourth-order valence-corrected chi connectivity index (χ4v) is 3.56. The van der Waals surface area contributed by atoms with Crippen LogP contribution in [-0.2, 0) is 6.54 Å². The van der Waals surface area contributed by atoms with Crippen molar-refractivity contribution in [2.24, 2.45) is 11.7 Å². The van der Waals surface area contributed by atoms with E-state index in [-0.39, 0.29) is 24.1 Å². The van der Waals surface area contributed by atoms with E-state index in [4.69, 9.17) is 5.73 Å². The van der Waals surface area contributed by atoms with E-state index in [9.17, 15) is 9.65 Å². The number of hydrogen-bond acceptors (Lipinski definition) is 5. The van der Waals surface area contributed by atoms with Gasteiger partial charge in [-0.25, -0.2) is 4.39 Å². The standard InChI is InChI=1S/C14H15BrFN5/c15-12-10(5-17)11-13(18)19-7-20-14(11)21(12)6-8-1-3-9(16)4-2-8/h1-4,11,13-14,19-20H,6-7,18H2. The quantitative estimate of drug-likeness (QED) is 0.696. The minimum atomic E-state index is -0.267. The zero-order valence-electron chi connectivity index (χ0n) is 11.2. The zero-order chi connectivity index (χ0) is 15.0. The van der Waals surface area contributed by atoms with Crippen LogP contribution in [0.25, 0.3) is 0 Å². The minimum absolute atomic E-state index is 0.0460.